The van der Waals surface area contributed by atoms with Crippen molar-refractivity contribution in [1.29, 1.82) is 0 Å². The van der Waals surface area contributed by atoms with E-state index in [1.54, 1.807) is 0 Å². The fourth-order valence-electron chi connectivity index (χ4n) is 4.19. The van der Waals surface area contributed by atoms with Gasteiger partial charge >= 0.3 is 0 Å². The molecule has 0 heterocycles. The molecule has 0 aromatic rings. The first-order valence-electron chi connectivity index (χ1n) is 8.64. The van der Waals surface area contributed by atoms with E-state index < -0.39 is 0 Å². The highest BCUT2D eigenvalue weighted by atomic mass is 16.3. The second kappa shape index (κ2) is 7.24. The highest BCUT2D eigenvalue weighted by Crippen LogP contribution is 2.39. The summed E-state index contributed by atoms with van der Waals surface area (Å²) in [4.78, 5) is 2.47. The molecule has 0 aromatic carbocycles. The maximum atomic E-state index is 10.3. The molecule has 2 fully saturated rings. The van der Waals surface area contributed by atoms with Crippen molar-refractivity contribution in [1.82, 2.24) is 10.2 Å². The standard InChI is InChI=1S/C17H34N2O/c1-14(2)18-12-17(10-6-7-11-17)13-19(3)15-8-4-5-9-16(15)20/h14-16,18,20H,4-13H2,1-3H3. The summed E-state index contributed by atoms with van der Waals surface area (Å²) in [5.41, 5.74) is 0.441. The van der Waals surface area contributed by atoms with Crippen LogP contribution >= 0.6 is 0 Å². The van der Waals surface area contributed by atoms with Crippen LogP contribution in [-0.2, 0) is 0 Å². The van der Waals surface area contributed by atoms with Gasteiger partial charge in [-0.25, -0.2) is 0 Å². The lowest BCUT2D eigenvalue weighted by atomic mass is 9.83. The number of nitrogens with zero attached hydrogens (tertiary/aromatic N) is 1. The normalized spacial score (nSPS) is 30.3. The summed E-state index contributed by atoms with van der Waals surface area (Å²) in [5, 5.41) is 13.9. The van der Waals surface area contributed by atoms with E-state index >= 15 is 0 Å². The van der Waals surface area contributed by atoms with E-state index in [9.17, 15) is 5.11 Å². The molecule has 2 aliphatic carbocycles. The van der Waals surface area contributed by atoms with Crippen molar-refractivity contribution in [3.05, 3.63) is 0 Å². The smallest absolute Gasteiger partial charge is 0.0695 e. The van der Waals surface area contributed by atoms with Gasteiger partial charge in [0.25, 0.3) is 0 Å². The van der Waals surface area contributed by atoms with Gasteiger partial charge < -0.3 is 15.3 Å². The van der Waals surface area contributed by atoms with Crippen LogP contribution in [0.5, 0.6) is 0 Å². The van der Waals surface area contributed by atoms with Crippen molar-refractivity contribution >= 4 is 0 Å². The molecule has 0 amide bonds. The van der Waals surface area contributed by atoms with E-state index in [0.717, 1.165) is 19.5 Å². The Morgan fingerprint density at radius 3 is 2.40 bits per heavy atom. The van der Waals surface area contributed by atoms with Crippen molar-refractivity contribution in [3.8, 4) is 0 Å². The average Bonchev–Trinajstić information content (AvgIpc) is 2.86. The molecule has 0 bridgehead atoms. The third kappa shape index (κ3) is 4.19. The Balaban J connectivity index is 1.92. The monoisotopic (exact) mass is 282 g/mol. The van der Waals surface area contributed by atoms with Crippen molar-refractivity contribution in [3.63, 3.8) is 0 Å². The van der Waals surface area contributed by atoms with E-state index in [2.05, 4.69) is 31.1 Å². The summed E-state index contributed by atoms with van der Waals surface area (Å²) in [7, 11) is 2.23. The molecule has 20 heavy (non-hydrogen) atoms. The first-order chi connectivity index (χ1) is 9.52. The molecular formula is C17H34N2O. The molecule has 2 atom stereocenters. The summed E-state index contributed by atoms with van der Waals surface area (Å²) in [6.45, 7) is 6.75. The first-order valence-corrected chi connectivity index (χ1v) is 8.64. The van der Waals surface area contributed by atoms with Crippen LogP contribution in [0.4, 0.5) is 0 Å². The fourth-order valence-corrected chi connectivity index (χ4v) is 4.19. The summed E-state index contributed by atoms with van der Waals surface area (Å²) < 4.78 is 0. The molecule has 2 aliphatic rings. The van der Waals surface area contributed by atoms with Crippen LogP contribution in [0.15, 0.2) is 0 Å². The zero-order valence-corrected chi connectivity index (χ0v) is 13.7. The quantitative estimate of drug-likeness (QED) is 0.786. The number of hydrogen-bond donors (Lipinski definition) is 2. The van der Waals surface area contributed by atoms with Crippen LogP contribution in [0.25, 0.3) is 0 Å². The van der Waals surface area contributed by atoms with Crippen LogP contribution in [0.1, 0.15) is 65.2 Å². The molecule has 0 aromatic heterocycles. The van der Waals surface area contributed by atoms with Crippen molar-refractivity contribution in [2.45, 2.75) is 83.4 Å². The average molecular weight is 282 g/mol. The Kier molecular flexibility index (Phi) is 5.88. The van der Waals surface area contributed by atoms with Gasteiger partial charge in [0.15, 0.2) is 0 Å². The number of aliphatic hydroxyl groups is 1. The van der Waals surface area contributed by atoms with Crippen LogP contribution in [-0.4, -0.2) is 48.3 Å². The molecule has 2 N–H and O–H groups in total. The summed E-state index contributed by atoms with van der Waals surface area (Å²) >= 11 is 0. The van der Waals surface area contributed by atoms with Gasteiger partial charge in [-0.05, 0) is 38.1 Å². The molecule has 2 saturated carbocycles. The minimum absolute atomic E-state index is 0.106. The Morgan fingerprint density at radius 2 is 1.80 bits per heavy atom. The molecule has 0 radical (unpaired) electrons. The Hall–Kier alpha value is -0.120. The molecule has 118 valence electrons. The number of nitrogens with one attached hydrogen (secondary N) is 1. The van der Waals surface area contributed by atoms with E-state index in [0.29, 0.717) is 17.5 Å². The van der Waals surface area contributed by atoms with Crippen molar-refractivity contribution in [2.75, 3.05) is 20.1 Å². The fraction of sp³-hybridized carbons (Fsp3) is 1.00. The van der Waals surface area contributed by atoms with Crippen molar-refractivity contribution < 1.29 is 5.11 Å². The molecule has 0 aliphatic heterocycles. The van der Waals surface area contributed by atoms with Crippen LogP contribution in [0, 0.1) is 5.41 Å². The van der Waals surface area contributed by atoms with Gasteiger partial charge in [0.2, 0.25) is 0 Å². The Bertz CT molecular complexity index is 287. The molecule has 3 heteroatoms. The molecular weight excluding hydrogens is 248 g/mol. The number of hydrogen-bond acceptors (Lipinski definition) is 3. The molecule has 0 saturated heterocycles. The van der Waals surface area contributed by atoms with Gasteiger partial charge in [0.1, 0.15) is 0 Å². The minimum Gasteiger partial charge on any atom is -0.391 e. The van der Waals surface area contributed by atoms with E-state index in [1.807, 2.05) is 0 Å². The van der Waals surface area contributed by atoms with Crippen LogP contribution in [0.3, 0.4) is 0 Å². The lowest BCUT2D eigenvalue weighted by Crippen LogP contribution is -2.50. The zero-order chi connectivity index (χ0) is 14.6. The maximum Gasteiger partial charge on any atom is 0.0695 e. The predicted molar refractivity (Wildman–Crippen MR) is 84.9 cm³/mol. The molecule has 0 spiro atoms. The van der Waals surface area contributed by atoms with Gasteiger partial charge in [0.05, 0.1) is 6.10 Å². The van der Waals surface area contributed by atoms with E-state index in [-0.39, 0.29) is 6.10 Å². The molecule has 2 rings (SSSR count). The van der Waals surface area contributed by atoms with E-state index in [4.69, 9.17) is 0 Å². The third-order valence-electron chi connectivity index (χ3n) is 5.39. The van der Waals surface area contributed by atoms with Crippen molar-refractivity contribution in [2.24, 2.45) is 5.41 Å². The molecule has 2 unspecified atom stereocenters. The topological polar surface area (TPSA) is 35.5 Å². The van der Waals surface area contributed by atoms with Crippen LogP contribution < -0.4 is 5.32 Å². The van der Waals surface area contributed by atoms with Gasteiger partial charge in [0, 0.05) is 25.2 Å². The van der Waals surface area contributed by atoms with Gasteiger partial charge in [-0.3, -0.25) is 0 Å². The lowest BCUT2D eigenvalue weighted by Gasteiger charge is -2.41. The summed E-state index contributed by atoms with van der Waals surface area (Å²) in [6.07, 6.45) is 9.98. The first kappa shape index (κ1) is 16.3. The maximum absolute atomic E-state index is 10.3. The minimum atomic E-state index is -0.106. The molecule has 3 nitrogen and oxygen atoms in total. The summed E-state index contributed by atoms with van der Waals surface area (Å²) in [5.74, 6) is 0. The zero-order valence-electron chi connectivity index (χ0n) is 13.7. The van der Waals surface area contributed by atoms with Gasteiger partial charge in [-0.1, -0.05) is 39.5 Å². The lowest BCUT2D eigenvalue weighted by molar-refractivity contribution is 0.0124. The second-order valence-corrected chi connectivity index (χ2v) is 7.58. The third-order valence-corrected chi connectivity index (χ3v) is 5.39. The van der Waals surface area contributed by atoms with E-state index in [1.165, 1.54) is 44.9 Å². The van der Waals surface area contributed by atoms with Gasteiger partial charge in [-0.2, -0.15) is 0 Å². The largest absolute Gasteiger partial charge is 0.391 e. The van der Waals surface area contributed by atoms with Gasteiger partial charge in [-0.15, -0.1) is 0 Å². The number of likely N-dealkylation sites (N-methyl/N-ethyl adjacent to an activating group) is 1. The number of aliphatic hydroxyl groups excluding tert-OH is 1. The predicted octanol–water partition coefficient (Wildman–Crippen LogP) is 2.78. The highest BCUT2D eigenvalue weighted by molar-refractivity contribution is 4.92. The second-order valence-electron chi connectivity index (χ2n) is 7.58. The highest BCUT2D eigenvalue weighted by Gasteiger charge is 2.37. The van der Waals surface area contributed by atoms with Crippen LogP contribution in [0.2, 0.25) is 0 Å². The summed E-state index contributed by atoms with van der Waals surface area (Å²) in [6, 6.07) is 0.957. The number of rotatable bonds is 6. The Labute approximate surface area is 125 Å². The Morgan fingerprint density at radius 1 is 1.15 bits per heavy atom. The SMILES string of the molecule is CC(C)NCC1(CN(C)C2CCCCC2O)CCCC1.